The van der Waals surface area contributed by atoms with Crippen LogP contribution in [0.25, 0.3) is 11.1 Å². The van der Waals surface area contributed by atoms with Crippen LogP contribution in [0, 0.1) is 5.92 Å². The molecule has 0 atom stereocenters. The minimum Gasteiger partial charge on any atom is -0.481 e. The number of hydrogen-bond acceptors (Lipinski definition) is 5. The highest BCUT2D eigenvalue weighted by Gasteiger charge is 2.36. The average Bonchev–Trinajstić information content (AvgIpc) is 3.31. The SMILES string of the molecule is Cn1cc(C(=O)NC2CC(C(=O)O)C2)c(NC(=O)OCC2c3ccccc3-c3ccccc32)n1. The number of nitrogens with one attached hydrogen (secondary N) is 2. The summed E-state index contributed by atoms with van der Waals surface area (Å²) >= 11 is 0. The van der Waals surface area contributed by atoms with Crippen molar-refractivity contribution in [1.82, 2.24) is 15.1 Å². The zero-order chi connectivity index (χ0) is 23.8. The van der Waals surface area contributed by atoms with Gasteiger partial charge in [0.15, 0.2) is 5.82 Å². The van der Waals surface area contributed by atoms with Crippen LogP contribution < -0.4 is 10.6 Å². The molecular weight excluding hydrogens is 436 g/mol. The quantitative estimate of drug-likeness (QED) is 0.518. The number of aryl methyl sites for hydroxylation is 1. The Morgan fingerprint density at radius 3 is 2.29 bits per heavy atom. The first-order valence-corrected chi connectivity index (χ1v) is 11.1. The lowest BCUT2D eigenvalue weighted by molar-refractivity contribution is -0.145. The Labute approximate surface area is 195 Å². The summed E-state index contributed by atoms with van der Waals surface area (Å²) in [7, 11) is 1.64. The number of anilines is 1. The molecule has 2 aromatic carbocycles. The van der Waals surface area contributed by atoms with Gasteiger partial charge in [0.1, 0.15) is 12.2 Å². The number of hydrogen-bond donors (Lipinski definition) is 3. The fourth-order valence-corrected chi connectivity index (χ4v) is 4.68. The second-order valence-corrected chi connectivity index (χ2v) is 8.69. The van der Waals surface area contributed by atoms with Crippen LogP contribution in [0.3, 0.4) is 0 Å². The van der Waals surface area contributed by atoms with Gasteiger partial charge >= 0.3 is 12.1 Å². The van der Waals surface area contributed by atoms with Gasteiger partial charge in [-0.25, -0.2) is 4.79 Å². The Kier molecular flexibility index (Phi) is 5.53. The summed E-state index contributed by atoms with van der Waals surface area (Å²) in [5.41, 5.74) is 4.67. The van der Waals surface area contributed by atoms with Gasteiger partial charge in [-0.3, -0.25) is 19.6 Å². The van der Waals surface area contributed by atoms with Crippen LogP contribution in [0.2, 0.25) is 0 Å². The molecular formula is C25H24N4O5. The van der Waals surface area contributed by atoms with E-state index >= 15 is 0 Å². The second-order valence-electron chi connectivity index (χ2n) is 8.69. The molecule has 5 rings (SSSR count). The first kappa shape index (κ1) is 21.7. The van der Waals surface area contributed by atoms with Gasteiger partial charge in [0.25, 0.3) is 5.91 Å². The van der Waals surface area contributed by atoms with Crippen molar-refractivity contribution in [2.75, 3.05) is 11.9 Å². The molecule has 3 aromatic rings. The van der Waals surface area contributed by atoms with Crippen molar-refractivity contribution in [3.8, 4) is 11.1 Å². The molecule has 34 heavy (non-hydrogen) atoms. The van der Waals surface area contributed by atoms with Crippen LogP contribution in [0.5, 0.6) is 0 Å². The van der Waals surface area contributed by atoms with E-state index in [0.717, 1.165) is 22.3 Å². The average molecular weight is 460 g/mol. The van der Waals surface area contributed by atoms with E-state index in [2.05, 4.69) is 27.9 Å². The molecule has 0 bridgehead atoms. The number of amides is 2. The van der Waals surface area contributed by atoms with E-state index < -0.39 is 23.9 Å². The third kappa shape index (κ3) is 4.00. The predicted octanol–water partition coefficient (Wildman–Crippen LogP) is 3.37. The molecule has 9 heteroatoms. The molecule has 1 aromatic heterocycles. The van der Waals surface area contributed by atoms with E-state index in [-0.39, 0.29) is 29.9 Å². The Bertz CT molecular complexity index is 1230. The number of carboxylic acids is 1. The fraction of sp³-hybridized carbons (Fsp3) is 0.280. The molecule has 0 radical (unpaired) electrons. The maximum atomic E-state index is 12.7. The highest BCUT2D eigenvalue weighted by molar-refractivity contribution is 6.01. The number of aromatic nitrogens is 2. The van der Waals surface area contributed by atoms with Gasteiger partial charge in [-0.2, -0.15) is 5.10 Å². The van der Waals surface area contributed by atoms with Crippen LogP contribution in [-0.2, 0) is 16.6 Å². The molecule has 0 aliphatic heterocycles. The lowest BCUT2D eigenvalue weighted by Crippen LogP contribution is -2.46. The van der Waals surface area contributed by atoms with Crippen LogP contribution >= 0.6 is 0 Å². The predicted molar refractivity (Wildman–Crippen MR) is 124 cm³/mol. The number of ether oxygens (including phenoxy) is 1. The molecule has 0 unspecified atom stereocenters. The van der Waals surface area contributed by atoms with Crippen LogP contribution in [-0.4, -0.2) is 45.5 Å². The topological polar surface area (TPSA) is 123 Å². The maximum Gasteiger partial charge on any atom is 0.412 e. The van der Waals surface area contributed by atoms with E-state index in [1.165, 1.54) is 10.9 Å². The number of aliphatic carboxylic acids is 1. The molecule has 1 saturated carbocycles. The molecule has 0 spiro atoms. The first-order valence-electron chi connectivity index (χ1n) is 11.1. The van der Waals surface area contributed by atoms with E-state index in [1.807, 2.05) is 36.4 Å². The van der Waals surface area contributed by atoms with Gasteiger partial charge in [0.2, 0.25) is 0 Å². The molecule has 2 amide bonds. The number of carboxylic acid groups (broad SMARTS) is 1. The molecule has 2 aliphatic rings. The molecule has 174 valence electrons. The number of fused-ring (bicyclic) bond motifs is 3. The van der Waals surface area contributed by atoms with Crippen LogP contribution in [0.15, 0.2) is 54.7 Å². The van der Waals surface area contributed by atoms with Gasteiger partial charge in [-0.15, -0.1) is 0 Å². The lowest BCUT2D eigenvalue weighted by Gasteiger charge is -2.32. The summed E-state index contributed by atoms with van der Waals surface area (Å²) in [6, 6.07) is 15.9. The minimum absolute atomic E-state index is 0.0783. The monoisotopic (exact) mass is 460 g/mol. The van der Waals surface area contributed by atoms with Crippen molar-refractivity contribution in [2.24, 2.45) is 13.0 Å². The molecule has 9 nitrogen and oxygen atoms in total. The molecule has 1 fully saturated rings. The van der Waals surface area contributed by atoms with E-state index in [0.29, 0.717) is 12.8 Å². The zero-order valence-electron chi connectivity index (χ0n) is 18.5. The van der Waals surface area contributed by atoms with Gasteiger partial charge in [0, 0.05) is 25.2 Å². The van der Waals surface area contributed by atoms with Gasteiger partial charge in [-0.05, 0) is 35.1 Å². The largest absolute Gasteiger partial charge is 0.481 e. The Hall–Kier alpha value is -4.14. The molecule has 0 saturated heterocycles. The summed E-state index contributed by atoms with van der Waals surface area (Å²) in [5.74, 6) is -1.70. The number of rotatable bonds is 6. The van der Waals surface area contributed by atoms with Crippen molar-refractivity contribution in [3.63, 3.8) is 0 Å². The zero-order valence-corrected chi connectivity index (χ0v) is 18.5. The second kappa shape index (κ2) is 8.66. The van der Waals surface area contributed by atoms with Crippen LogP contribution in [0.1, 0.15) is 40.2 Å². The number of nitrogens with zero attached hydrogens (tertiary/aromatic N) is 2. The third-order valence-corrected chi connectivity index (χ3v) is 6.46. The highest BCUT2D eigenvalue weighted by atomic mass is 16.5. The van der Waals surface area contributed by atoms with Crippen molar-refractivity contribution in [1.29, 1.82) is 0 Å². The summed E-state index contributed by atoms with van der Waals surface area (Å²) in [6.45, 7) is 0.146. The van der Waals surface area contributed by atoms with Crippen molar-refractivity contribution in [3.05, 3.63) is 71.4 Å². The Morgan fingerprint density at radius 1 is 1.06 bits per heavy atom. The molecule has 3 N–H and O–H groups in total. The van der Waals surface area contributed by atoms with Gasteiger partial charge in [-0.1, -0.05) is 48.5 Å². The van der Waals surface area contributed by atoms with Crippen LogP contribution in [0.4, 0.5) is 10.6 Å². The Morgan fingerprint density at radius 2 is 1.68 bits per heavy atom. The first-order chi connectivity index (χ1) is 16.4. The number of benzene rings is 2. The van der Waals surface area contributed by atoms with Crippen molar-refractivity contribution >= 4 is 23.8 Å². The smallest absolute Gasteiger partial charge is 0.412 e. The summed E-state index contributed by atoms with van der Waals surface area (Å²) < 4.78 is 6.97. The Balaban J connectivity index is 1.23. The van der Waals surface area contributed by atoms with Gasteiger partial charge < -0.3 is 15.2 Å². The summed E-state index contributed by atoms with van der Waals surface area (Å²) in [5, 5.41) is 18.5. The third-order valence-electron chi connectivity index (χ3n) is 6.46. The minimum atomic E-state index is -0.857. The van der Waals surface area contributed by atoms with E-state index in [1.54, 1.807) is 7.05 Å². The molecule has 2 aliphatic carbocycles. The maximum absolute atomic E-state index is 12.7. The lowest BCUT2D eigenvalue weighted by atomic mass is 9.80. The van der Waals surface area contributed by atoms with Crippen molar-refractivity contribution in [2.45, 2.75) is 24.8 Å². The van der Waals surface area contributed by atoms with E-state index in [4.69, 9.17) is 9.84 Å². The summed E-state index contributed by atoms with van der Waals surface area (Å²) in [6.07, 6.45) is 1.57. The standard InChI is InChI=1S/C25H24N4O5/c1-29-12-20(23(30)26-15-10-14(11-15)24(31)32)22(28-29)27-25(33)34-13-21-18-8-4-2-6-16(18)17-7-3-5-9-19(17)21/h2-9,12,14-15,21H,10-11,13H2,1H3,(H,26,30)(H,31,32)(H,27,28,33). The summed E-state index contributed by atoms with van der Waals surface area (Å²) in [4.78, 5) is 36.3. The normalized spacial score (nSPS) is 18.4. The fourth-order valence-electron chi connectivity index (χ4n) is 4.68. The van der Waals surface area contributed by atoms with Gasteiger partial charge in [0.05, 0.1) is 5.92 Å². The molecule has 1 heterocycles. The van der Waals surface area contributed by atoms with Crippen molar-refractivity contribution < 1.29 is 24.2 Å². The highest BCUT2D eigenvalue weighted by Crippen LogP contribution is 2.44. The number of carbonyl (C=O) groups is 3. The number of carbonyl (C=O) groups excluding carboxylic acids is 2. The van der Waals surface area contributed by atoms with E-state index in [9.17, 15) is 14.4 Å².